The number of halogens is 2. The van der Waals surface area contributed by atoms with Gasteiger partial charge >= 0.3 is 20.2 Å². The number of aliphatic hydroxyl groups is 1. The van der Waals surface area contributed by atoms with E-state index in [1.54, 1.807) is 13.8 Å². The lowest BCUT2D eigenvalue weighted by atomic mass is 9.99. The molecule has 0 spiro atoms. The van der Waals surface area contributed by atoms with Crippen molar-refractivity contribution in [3.05, 3.63) is 36.7 Å². The van der Waals surface area contributed by atoms with Gasteiger partial charge in [0.25, 0.3) is 0 Å². The quantitative estimate of drug-likeness (QED) is 0.127. The van der Waals surface area contributed by atoms with Crippen molar-refractivity contribution in [1.82, 2.24) is 24.9 Å². The van der Waals surface area contributed by atoms with Gasteiger partial charge in [-0.05, 0) is 52.0 Å². The summed E-state index contributed by atoms with van der Waals surface area (Å²) in [5, 5.41) is 13.4. The zero-order valence-electron chi connectivity index (χ0n) is 22.8. The molecule has 0 bridgehead atoms. The molecule has 1 fully saturated rings. The number of benzene rings is 1. The number of anilines is 1. The number of alkyl halides is 1. The fraction of sp³-hybridized carbons (Fsp3) is 0.500. The van der Waals surface area contributed by atoms with Crippen LogP contribution in [-0.2, 0) is 14.3 Å². The number of nitrogens with zero attached hydrogens (tertiary/aromatic N) is 5. The van der Waals surface area contributed by atoms with Crippen LogP contribution in [0.5, 0.6) is 11.5 Å². The Morgan fingerprint density at radius 3 is 2.63 bits per heavy atom. The highest BCUT2D eigenvalue weighted by atomic mass is 31.1. The molecule has 3 N–H and O–H groups in total. The van der Waals surface area contributed by atoms with Gasteiger partial charge in [-0.2, -0.15) is 19.8 Å². The number of aromatic nitrogens is 4. The van der Waals surface area contributed by atoms with Crippen LogP contribution in [0.15, 0.2) is 35.4 Å². The molecular weight excluding hydrogens is 567 g/mol. The Kier molecular flexibility index (Phi) is 9.29. The highest BCUT2D eigenvalue weighted by molar-refractivity contribution is 7.33. The van der Waals surface area contributed by atoms with E-state index in [2.05, 4.69) is 30.5 Å². The summed E-state index contributed by atoms with van der Waals surface area (Å²) in [6.45, 7) is 6.15. The predicted molar refractivity (Wildman–Crippen MR) is 140 cm³/mol. The van der Waals surface area contributed by atoms with Crippen LogP contribution in [0.2, 0.25) is 0 Å². The first-order valence-electron chi connectivity index (χ1n) is 12.5. The fourth-order valence-electron chi connectivity index (χ4n) is 3.94. The van der Waals surface area contributed by atoms with Crippen molar-refractivity contribution in [1.29, 1.82) is 0 Å². The first-order chi connectivity index (χ1) is 19.4. The maximum atomic E-state index is 15.2. The SMILES string of the molecule is CNc1nc(F)nc2c1ncn2[C@@H]1O[C@](C)(COc2ccc(O/[P+]([O-])=N/N[C@@H](C)C(=O)OC(C)C)cc2)[C@@H](O)[C@H]1F. The minimum absolute atomic E-state index is 0.00678. The third-order valence-electron chi connectivity index (χ3n) is 6.07. The van der Waals surface area contributed by atoms with E-state index < -0.39 is 50.4 Å². The van der Waals surface area contributed by atoms with Crippen LogP contribution < -0.4 is 24.9 Å². The molecule has 4 rings (SSSR count). The third kappa shape index (κ3) is 6.85. The topological polar surface area (TPSA) is 177 Å². The Labute approximate surface area is 234 Å². The first-order valence-corrected chi connectivity index (χ1v) is 13.7. The van der Waals surface area contributed by atoms with E-state index in [1.165, 1.54) is 56.1 Å². The summed E-state index contributed by atoms with van der Waals surface area (Å²) in [6.07, 6.45) is -4.96. The zero-order valence-corrected chi connectivity index (χ0v) is 23.7. The van der Waals surface area contributed by atoms with E-state index in [-0.39, 0.29) is 35.4 Å². The van der Waals surface area contributed by atoms with Gasteiger partial charge in [-0.15, -0.1) is 0 Å². The molecule has 6 atom stereocenters. The van der Waals surface area contributed by atoms with Crippen LogP contribution in [0.1, 0.15) is 33.9 Å². The van der Waals surface area contributed by atoms with Gasteiger partial charge < -0.3 is 29.5 Å². The second kappa shape index (κ2) is 12.5. The highest BCUT2D eigenvalue weighted by Crippen LogP contribution is 2.40. The Bertz CT molecular complexity index is 1410. The number of aliphatic hydroxyl groups excluding tert-OH is 1. The summed E-state index contributed by atoms with van der Waals surface area (Å²) >= 11 is 0. The van der Waals surface area contributed by atoms with Crippen molar-refractivity contribution < 1.29 is 42.3 Å². The minimum atomic E-state index is -2.54. The molecule has 0 aliphatic carbocycles. The molecule has 1 aromatic carbocycles. The molecule has 0 saturated carbocycles. The summed E-state index contributed by atoms with van der Waals surface area (Å²) in [7, 11) is -1.01. The predicted octanol–water partition coefficient (Wildman–Crippen LogP) is 2.15. The monoisotopic (exact) mass is 597 g/mol. The van der Waals surface area contributed by atoms with Crippen LogP contribution in [0.3, 0.4) is 0 Å². The maximum absolute atomic E-state index is 15.2. The van der Waals surface area contributed by atoms with Crippen LogP contribution in [-0.4, -0.2) is 74.3 Å². The number of carbonyl (C=O) groups is 1. The van der Waals surface area contributed by atoms with E-state index in [9.17, 15) is 19.2 Å². The molecule has 14 nitrogen and oxygen atoms in total. The van der Waals surface area contributed by atoms with Gasteiger partial charge in [0.05, 0.1) is 12.4 Å². The number of ether oxygens (including phenoxy) is 3. The first kappa shape index (κ1) is 30.4. The lowest BCUT2D eigenvalue weighted by Crippen LogP contribution is -2.44. The van der Waals surface area contributed by atoms with Gasteiger partial charge in [-0.3, -0.25) is 13.9 Å². The molecule has 1 aliphatic heterocycles. The van der Waals surface area contributed by atoms with Gasteiger partial charge in [0.2, 0.25) is 0 Å². The molecule has 0 radical (unpaired) electrons. The van der Waals surface area contributed by atoms with E-state index >= 15 is 4.39 Å². The molecule has 3 heterocycles. The Morgan fingerprint density at radius 1 is 1.29 bits per heavy atom. The van der Waals surface area contributed by atoms with Gasteiger partial charge in [0.15, 0.2) is 35.1 Å². The second-order valence-electron chi connectivity index (χ2n) is 9.65. The number of hydrogen-bond donors (Lipinski definition) is 3. The van der Waals surface area contributed by atoms with Crippen molar-refractivity contribution in [3.63, 3.8) is 0 Å². The molecule has 1 unspecified atom stereocenters. The fourth-order valence-corrected chi connectivity index (χ4v) is 4.55. The average Bonchev–Trinajstić information content (AvgIpc) is 3.44. The van der Waals surface area contributed by atoms with Gasteiger partial charge in [0.1, 0.15) is 30.1 Å². The van der Waals surface area contributed by atoms with Crippen molar-refractivity contribution in [2.24, 2.45) is 4.85 Å². The molecular formula is C24H30F2N7O7P. The smallest absolute Gasteiger partial charge is 0.412 e. The number of imidazole rings is 1. The van der Waals surface area contributed by atoms with Crippen LogP contribution in [0.25, 0.3) is 11.2 Å². The van der Waals surface area contributed by atoms with Crippen molar-refractivity contribution in [3.8, 4) is 11.5 Å². The number of hydrogen-bond acceptors (Lipinski definition) is 12. The molecule has 222 valence electrons. The van der Waals surface area contributed by atoms with Gasteiger partial charge in [-0.25, -0.2) is 9.37 Å². The van der Waals surface area contributed by atoms with E-state index in [0.717, 1.165) is 0 Å². The molecule has 0 amide bonds. The third-order valence-corrected chi connectivity index (χ3v) is 6.71. The summed E-state index contributed by atoms with van der Waals surface area (Å²) in [6, 6.07) is 5.13. The summed E-state index contributed by atoms with van der Waals surface area (Å²) < 4.78 is 52.2. The molecule has 1 saturated heterocycles. The van der Waals surface area contributed by atoms with Crippen molar-refractivity contribution in [2.45, 2.75) is 63.9 Å². The number of esters is 1. The van der Waals surface area contributed by atoms with Crippen LogP contribution in [0, 0.1) is 6.08 Å². The molecule has 17 heteroatoms. The second-order valence-corrected chi connectivity index (χ2v) is 10.5. The average molecular weight is 598 g/mol. The van der Waals surface area contributed by atoms with E-state index in [0.29, 0.717) is 5.75 Å². The normalized spacial score (nSPS) is 23.6. The Hall–Kier alpha value is -3.56. The summed E-state index contributed by atoms with van der Waals surface area (Å²) in [5.74, 6) is 0.100. The maximum Gasteiger partial charge on any atom is 0.412 e. The molecule has 41 heavy (non-hydrogen) atoms. The van der Waals surface area contributed by atoms with E-state index in [1.807, 2.05) is 0 Å². The lowest BCUT2D eigenvalue weighted by Gasteiger charge is -2.27. The van der Waals surface area contributed by atoms with Gasteiger partial charge in [0, 0.05) is 11.9 Å². The summed E-state index contributed by atoms with van der Waals surface area (Å²) in [5.41, 5.74) is 1.14. The van der Waals surface area contributed by atoms with Crippen molar-refractivity contribution >= 4 is 31.1 Å². The number of fused-ring (bicyclic) bond motifs is 1. The molecule has 1 aliphatic rings. The molecule has 3 aromatic rings. The van der Waals surface area contributed by atoms with Crippen LogP contribution in [0.4, 0.5) is 14.6 Å². The number of rotatable bonds is 11. The number of nitrogens with one attached hydrogen (secondary N) is 2. The van der Waals surface area contributed by atoms with Gasteiger partial charge in [-0.1, -0.05) is 0 Å². The molecule has 2 aromatic heterocycles. The van der Waals surface area contributed by atoms with Crippen LogP contribution >= 0.6 is 8.17 Å². The minimum Gasteiger partial charge on any atom is -0.574 e. The van der Waals surface area contributed by atoms with E-state index in [4.69, 9.17) is 18.7 Å². The number of carbonyl (C=O) groups excluding carboxylic acids is 1. The summed E-state index contributed by atoms with van der Waals surface area (Å²) in [4.78, 5) is 39.0. The van der Waals surface area contributed by atoms with Crippen molar-refractivity contribution in [2.75, 3.05) is 19.0 Å². The lowest BCUT2D eigenvalue weighted by molar-refractivity contribution is -0.169. The standard InChI is InChI=1S/C24H30F2N7O7P/c1-12(2)38-22(35)13(3)31-32-41(36)40-15-8-6-14(7-9-15)37-10-24(4)18(34)16(25)21(39-24)33-11-28-17-19(27-5)29-23(26)30-20(17)33/h6-9,11-13,16,18,21,31,34H,10H2,1-5H3,(H,27,29,30)/t13-,16+,18-,21+,24+/m0/s1. The largest absolute Gasteiger partial charge is 0.574 e. The Balaban J connectivity index is 1.37. The Morgan fingerprint density at radius 2 is 1.98 bits per heavy atom. The zero-order chi connectivity index (χ0) is 29.9. The highest BCUT2D eigenvalue weighted by Gasteiger charge is 2.54.